The number of hydrogen-bond acceptors (Lipinski definition) is 6. The van der Waals surface area contributed by atoms with Crippen LogP contribution in [0.1, 0.15) is 28.0 Å². The third kappa shape index (κ3) is 4.92. The molecule has 45 heavy (non-hydrogen) atoms. The van der Waals surface area contributed by atoms with Gasteiger partial charge in [-0.3, -0.25) is 13.9 Å². The Labute approximate surface area is 264 Å². The van der Waals surface area contributed by atoms with Crippen molar-refractivity contribution in [2.75, 3.05) is 6.26 Å². The zero-order valence-electron chi connectivity index (χ0n) is 24.3. The number of hydrogen-bond donors (Lipinski definition) is 1. The lowest BCUT2D eigenvalue weighted by Crippen LogP contribution is -2.44. The molecule has 10 heteroatoms. The number of sulfone groups is 1. The number of nitrogens with two attached hydrogens (primary N) is 1. The van der Waals surface area contributed by atoms with Gasteiger partial charge in [0.25, 0.3) is 5.91 Å². The summed E-state index contributed by atoms with van der Waals surface area (Å²) < 4.78 is 28.4. The number of carbonyl (C=O) groups excluding carboxylic acids is 1. The maximum atomic E-state index is 13.0. The van der Waals surface area contributed by atoms with Crippen molar-refractivity contribution in [1.82, 2.24) is 19.2 Å². The number of pyridine rings is 1. The van der Waals surface area contributed by atoms with E-state index in [1.165, 1.54) is 17.6 Å². The Morgan fingerprint density at radius 1 is 0.933 bits per heavy atom. The highest BCUT2D eigenvalue weighted by Gasteiger charge is 2.44. The van der Waals surface area contributed by atoms with Crippen LogP contribution in [0.25, 0.3) is 27.3 Å². The molecule has 4 heterocycles. The van der Waals surface area contributed by atoms with Gasteiger partial charge in [0.2, 0.25) is 0 Å². The second kappa shape index (κ2) is 11.1. The molecule has 0 radical (unpaired) electrons. The van der Waals surface area contributed by atoms with Crippen LogP contribution >= 0.6 is 11.3 Å². The zero-order chi connectivity index (χ0) is 31.2. The summed E-state index contributed by atoms with van der Waals surface area (Å²) in [5, 5.41) is 4.96. The molecule has 2 N–H and O–H groups in total. The van der Waals surface area contributed by atoms with Crippen molar-refractivity contribution in [2.45, 2.75) is 16.2 Å². The fourth-order valence-corrected chi connectivity index (χ4v) is 8.17. The van der Waals surface area contributed by atoms with Crippen LogP contribution in [0.2, 0.25) is 0 Å². The first-order valence-electron chi connectivity index (χ1n) is 14.4. The molecule has 0 spiro atoms. The first-order valence-corrected chi connectivity index (χ1v) is 17.1. The molecule has 2 aromatic carbocycles. The van der Waals surface area contributed by atoms with Crippen LogP contribution in [0.3, 0.4) is 0 Å². The van der Waals surface area contributed by atoms with Gasteiger partial charge in [-0.1, -0.05) is 85.0 Å². The molecule has 1 aliphatic rings. The van der Waals surface area contributed by atoms with E-state index in [0.29, 0.717) is 11.2 Å². The number of nitrogens with zero attached hydrogens (tertiary/aromatic N) is 4. The van der Waals surface area contributed by atoms with E-state index in [4.69, 9.17) is 10.8 Å². The lowest BCUT2D eigenvalue weighted by molar-refractivity contribution is 0.0994. The normalized spacial score (nSPS) is 15.1. The van der Waals surface area contributed by atoms with Gasteiger partial charge < -0.3 is 5.73 Å². The number of allylic oxidation sites excluding steroid dienone is 4. The number of benzene rings is 2. The summed E-state index contributed by atoms with van der Waals surface area (Å²) in [6, 6.07) is 27.6. The first kappa shape index (κ1) is 28.7. The van der Waals surface area contributed by atoms with Crippen LogP contribution in [-0.2, 0) is 15.4 Å². The molecule has 0 saturated heterocycles. The molecule has 0 saturated carbocycles. The zero-order valence-corrected chi connectivity index (χ0v) is 25.9. The Morgan fingerprint density at radius 2 is 1.64 bits per heavy atom. The second-order valence-electron chi connectivity index (χ2n) is 11.0. The summed E-state index contributed by atoms with van der Waals surface area (Å²) in [7, 11) is -3.34. The molecule has 224 valence electrons. The maximum Gasteiger partial charge on any atom is 0.269 e. The largest absolute Gasteiger partial charge is 0.364 e. The third-order valence-corrected chi connectivity index (χ3v) is 11.2. The van der Waals surface area contributed by atoms with Gasteiger partial charge in [-0.25, -0.2) is 13.4 Å². The van der Waals surface area contributed by atoms with Crippen LogP contribution in [0.4, 0.5) is 0 Å². The number of fused-ring (bicyclic) bond motifs is 1. The van der Waals surface area contributed by atoms with Gasteiger partial charge >= 0.3 is 0 Å². The number of aromatic nitrogens is 4. The fraction of sp³-hybridized carbons (Fsp3) is 0.114. The molecule has 1 atom stereocenters. The van der Waals surface area contributed by atoms with E-state index in [9.17, 15) is 13.2 Å². The Bertz CT molecular complexity index is 2170. The van der Waals surface area contributed by atoms with E-state index >= 15 is 0 Å². The molecule has 8 nitrogen and oxygen atoms in total. The number of primary amides is 1. The molecule has 6 aromatic rings. The summed E-state index contributed by atoms with van der Waals surface area (Å²) in [5.74, 6) is -0.661. The predicted molar refractivity (Wildman–Crippen MR) is 177 cm³/mol. The monoisotopic (exact) mass is 631 g/mol. The van der Waals surface area contributed by atoms with Crippen LogP contribution in [0.15, 0.2) is 132 Å². The van der Waals surface area contributed by atoms with Gasteiger partial charge in [-0.2, -0.15) is 5.10 Å². The summed E-state index contributed by atoms with van der Waals surface area (Å²) in [6.07, 6.45) is 15.9. The van der Waals surface area contributed by atoms with E-state index in [1.54, 1.807) is 18.3 Å². The Morgan fingerprint density at radius 3 is 2.24 bits per heavy atom. The van der Waals surface area contributed by atoms with Crippen molar-refractivity contribution in [2.24, 2.45) is 11.7 Å². The number of imidazole rings is 1. The molecule has 7 rings (SSSR count). The average molecular weight is 632 g/mol. The smallest absolute Gasteiger partial charge is 0.269 e. The van der Waals surface area contributed by atoms with Gasteiger partial charge in [-0.15, -0.1) is 11.3 Å². The summed E-state index contributed by atoms with van der Waals surface area (Å²) in [6.45, 7) is 0. The van der Waals surface area contributed by atoms with Crippen LogP contribution in [0, 0.1) is 5.92 Å². The highest BCUT2D eigenvalue weighted by Crippen LogP contribution is 2.45. The van der Waals surface area contributed by atoms with Crippen LogP contribution < -0.4 is 5.73 Å². The highest BCUT2D eigenvalue weighted by atomic mass is 32.2. The first-order chi connectivity index (χ1) is 21.8. The lowest BCUT2D eigenvalue weighted by Gasteiger charge is -2.41. The van der Waals surface area contributed by atoms with Gasteiger partial charge in [0, 0.05) is 35.7 Å². The van der Waals surface area contributed by atoms with E-state index in [2.05, 4.69) is 47.5 Å². The van der Waals surface area contributed by atoms with E-state index in [1.807, 2.05) is 76.1 Å². The van der Waals surface area contributed by atoms with E-state index < -0.39 is 21.3 Å². The maximum absolute atomic E-state index is 13.0. The van der Waals surface area contributed by atoms with Gasteiger partial charge in [-0.05, 0) is 41.8 Å². The fourth-order valence-electron chi connectivity index (χ4n) is 6.23. The number of rotatable bonds is 8. The van der Waals surface area contributed by atoms with Gasteiger partial charge in [0.1, 0.15) is 15.4 Å². The average Bonchev–Trinajstić information content (AvgIpc) is 3.82. The molecule has 1 aliphatic carbocycles. The van der Waals surface area contributed by atoms with Crippen molar-refractivity contribution >= 4 is 32.7 Å². The molecule has 0 bridgehead atoms. The SMILES string of the molecule is CS(=O)(=O)c1ccc(-c2cnc3ccc(-c4cn(C(c5ccccc5)(c5ccccc5)C5C=CC=CC5)nc4C(N)=O)cn23)s1. The molecule has 0 fully saturated rings. The van der Waals surface area contributed by atoms with Crippen molar-refractivity contribution in [3.8, 4) is 21.7 Å². The van der Waals surface area contributed by atoms with Crippen molar-refractivity contribution in [3.05, 3.63) is 145 Å². The minimum atomic E-state index is -3.34. The summed E-state index contributed by atoms with van der Waals surface area (Å²) in [4.78, 5) is 18.3. The summed E-state index contributed by atoms with van der Waals surface area (Å²) in [5.41, 5.74) is 10.1. The summed E-state index contributed by atoms with van der Waals surface area (Å²) >= 11 is 1.19. The van der Waals surface area contributed by atoms with Crippen LogP contribution in [0.5, 0.6) is 0 Å². The minimum absolute atomic E-state index is 0.0219. The van der Waals surface area contributed by atoms with Crippen molar-refractivity contribution < 1.29 is 13.2 Å². The Balaban J connectivity index is 1.45. The second-order valence-corrected chi connectivity index (χ2v) is 14.4. The number of amides is 1. The van der Waals surface area contributed by atoms with Gasteiger partial charge in [0.05, 0.1) is 16.8 Å². The molecule has 0 aliphatic heterocycles. The van der Waals surface area contributed by atoms with Crippen molar-refractivity contribution in [1.29, 1.82) is 0 Å². The third-order valence-electron chi connectivity index (χ3n) is 8.27. The molecule has 1 unspecified atom stereocenters. The Kier molecular flexibility index (Phi) is 7.10. The van der Waals surface area contributed by atoms with Gasteiger partial charge in [0.15, 0.2) is 15.5 Å². The van der Waals surface area contributed by atoms with E-state index in [-0.39, 0.29) is 15.8 Å². The predicted octanol–water partition coefficient (Wildman–Crippen LogP) is 6.35. The highest BCUT2D eigenvalue weighted by molar-refractivity contribution is 7.92. The lowest BCUT2D eigenvalue weighted by atomic mass is 9.70. The van der Waals surface area contributed by atoms with Crippen LogP contribution in [-0.4, -0.2) is 39.7 Å². The standard InChI is InChI=1S/C35H29N5O3S2/c1-45(42,43)32-20-18-30(44-32)29-21-37-31-19-17-24(22-39(29)31)28-23-40(38-33(28)34(36)41)35(25-11-5-2-6-12-25,26-13-7-3-8-14-26)27-15-9-4-10-16-27/h2-15,17-23,27H,16H2,1H3,(H2,36,41). The number of thiophene rings is 1. The molecular formula is C35H29N5O3S2. The molecule has 4 aromatic heterocycles. The Hall–Kier alpha value is -5.06. The number of carbonyl (C=O) groups is 1. The van der Waals surface area contributed by atoms with E-state index in [0.717, 1.165) is 33.7 Å². The quantitative estimate of drug-likeness (QED) is 0.210. The van der Waals surface area contributed by atoms with Crippen molar-refractivity contribution in [3.63, 3.8) is 0 Å². The molecular weight excluding hydrogens is 603 g/mol. The minimum Gasteiger partial charge on any atom is -0.364 e. The molecule has 1 amide bonds. The topological polar surface area (TPSA) is 112 Å².